The van der Waals surface area contributed by atoms with Gasteiger partial charge in [0.2, 0.25) is 0 Å². The summed E-state index contributed by atoms with van der Waals surface area (Å²) in [6.07, 6.45) is -5.66. The van der Waals surface area contributed by atoms with Crippen LogP contribution in [0.5, 0.6) is 0 Å². The predicted octanol–water partition coefficient (Wildman–Crippen LogP) is 2.45. The maximum atomic E-state index is 13.5. The molecule has 1 N–H and O–H groups in total. The molecule has 0 bridgehead atoms. The molecule has 54 heavy (non-hydrogen) atoms. The number of hydrogen-bond donors (Lipinski definition) is 1. The third kappa shape index (κ3) is 8.49. The molecule has 1 spiro atoms. The van der Waals surface area contributed by atoms with Crippen LogP contribution < -0.4 is 0 Å². The van der Waals surface area contributed by atoms with E-state index >= 15 is 0 Å². The van der Waals surface area contributed by atoms with Crippen LogP contribution in [0.2, 0.25) is 0 Å². The van der Waals surface area contributed by atoms with Crippen molar-refractivity contribution in [1.29, 1.82) is 0 Å². The van der Waals surface area contributed by atoms with Crippen molar-refractivity contribution < 1.29 is 76.6 Å². The lowest BCUT2D eigenvalue weighted by Gasteiger charge is -2.59. The zero-order valence-electron chi connectivity index (χ0n) is 32.4. The molecule has 16 nitrogen and oxygen atoms in total. The molecule has 2 aliphatic carbocycles. The van der Waals surface area contributed by atoms with Gasteiger partial charge in [-0.1, -0.05) is 40.7 Å². The van der Waals surface area contributed by atoms with E-state index in [0.29, 0.717) is 0 Å². The van der Waals surface area contributed by atoms with Crippen LogP contribution in [0.25, 0.3) is 0 Å². The average Bonchev–Trinajstić information content (AvgIpc) is 3.78. The Kier molecular flexibility index (Phi) is 12.7. The molecule has 0 amide bonds. The van der Waals surface area contributed by atoms with Crippen molar-refractivity contribution >= 4 is 41.8 Å². The fourth-order valence-corrected chi connectivity index (χ4v) is 7.97. The topological polar surface area (TPSA) is 217 Å². The standard InChI is InChI=1S/C38H52O16/c1-18(2)13-28(43)53-30-32(50-23(8)41)36(10)26(49-22(7)40)12-11-25(16-47-21(6)39)15-27-38(46,20(5)35(45)52-27)34(51-24(9)42)31(36)37(17-48-37)33(30)54-29(44)14-19(3)4/h11-12,15,18-20,26-27,30-34,46H,13-14,16-17H2,1-10H3. The number of fused-ring (bicyclic) bond motifs is 3. The zero-order valence-corrected chi connectivity index (χ0v) is 32.4. The Labute approximate surface area is 314 Å². The first-order chi connectivity index (χ1) is 25.1. The van der Waals surface area contributed by atoms with Crippen LogP contribution in [0.3, 0.4) is 0 Å². The fraction of sp³-hybridized carbons (Fsp3) is 0.711. The van der Waals surface area contributed by atoms with Gasteiger partial charge in [0.25, 0.3) is 0 Å². The maximum Gasteiger partial charge on any atom is 0.312 e. The highest BCUT2D eigenvalue weighted by Gasteiger charge is 2.81. The lowest BCUT2D eigenvalue weighted by atomic mass is 9.51. The van der Waals surface area contributed by atoms with E-state index in [1.807, 2.05) is 0 Å². The third-order valence-electron chi connectivity index (χ3n) is 10.3. The highest BCUT2D eigenvalue weighted by Crippen LogP contribution is 2.63. The minimum absolute atomic E-state index is 0.0765. The Morgan fingerprint density at radius 2 is 1.35 bits per heavy atom. The molecule has 0 aromatic rings. The van der Waals surface area contributed by atoms with Gasteiger partial charge in [-0.05, 0) is 36.5 Å². The molecule has 0 aromatic heterocycles. The van der Waals surface area contributed by atoms with Gasteiger partial charge in [0.05, 0.1) is 17.9 Å². The normalized spacial score (nSPS) is 35.5. The number of hydrogen-bond acceptors (Lipinski definition) is 16. The van der Waals surface area contributed by atoms with Crippen molar-refractivity contribution in [1.82, 2.24) is 0 Å². The summed E-state index contributed by atoms with van der Waals surface area (Å²) in [5.74, 6) is -8.81. The number of carbonyl (C=O) groups is 7. The molecule has 11 unspecified atom stereocenters. The summed E-state index contributed by atoms with van der Waals surface area (Å²) in [6.45, 7) is 13.9. The van der Waals surface area contributed by atoms with Crippen LogP contribution in [0.1, 0.15) is 82.1 Å². The second-order valence-corrected chi connectivity index (χ2v) is 15.6. The van der Waals surface area contributed by atoms with E-state index in [2.05, 4.69) is 0 Å². The predicted molar refractivity (Wildman–Crippen MR) is 183 cm³/mol. The second-order valence-electron chi connectivity index (χ2n) is 15.6. The first kappa shape index (κ1) is 42.4. The summed E-state index contributed by atoms with van der Waals surface area (Å²) in [4.78, 5) is 91.6. The van der Waals surface area contributed by atoms with Crippen molar-refractivity contribution in [3.8, 4) is 0 Å². The largest absolute Gasteiger partial charge is 0.461 e. The Balaban J connectivity index is 2.15. The molecule has 2 heterocycles. The molecule has 11 atom stereocenters. The minimum atomic E-state index is -2.44. The molecule has 16 heteroatoms. The summed E-state index contributed by atoms with van der Waals surface area (Å²) in [5, 5.41) is 13.0. The average molecular weight is 765 g/mol. The van der Waals surface area contributed by atoms with Crippen molar-refractivity contribution in [2.45, 2.75) is 130 Å². The van der Waals surface area contributed by atoms with Gasteiger partial charge in [0, 0.05) is 46.5 Å². The zero-order chi connectivity index (χ0) is 40.5. The van der Waals surface area contributed by atoms with Crippen molar-refractivity contribution in [2.24, 2.45) is 29.1 Å². The summed E-state index contributed by atoms with van der Waals surface area (Å²) in [7, 11) is 0. The number of aliphatic hydroxyl groups is 1. The second kappa shape index (κ2) is 16.2. The molecule has 2 aliphatic heterocycles. The van der Waals surface area contributed by atoms with E-state index in [1.165, 1.54) is 39.0 Å². The quantitative estimate of drug-likeness (QED) is 0.182. The molecule has 2 saturated heterocycles. The van der Waals surface area contributed by atoms with Gasteiger partial charge >= 0.3 is 41.8 Å². The van der Waals surface area contributed by atoms with Gasteiger partial charge in [0.1, 0.15) is 24.4 Å². The highest BCUT2D eigenvalue weighted by atomic mass is 16.7. The van der Waals surface area contributed by atoms with Crippen LogP contribution in [0, 0.1) is 29.1 Å². The van der Waals surface area contributed by atoms with Gasteiger partial charge in [-0.2, -0.15) is 0 Å². The SMILES string of the molecule is CC(=O)OCC1=CC2OC(=O)C(C)C2(O)C(OC(C)=O)C2C3(CO3)C(OC(=O)CC(C)C)C(OC(=O)CC(C)C)C(OC(C)=O)C2(C)C(OC(C)=O)C=C1. The lowest BCUT2D eigenvalue weighted by Crippen LogP contribution is -2.76. The summed E-state index contributed by atoms with van der Waals surface area (Å²) < 4.78 is 47.4. The molecular formula is C38H52O16. The number of epoxide rings is 1. The van der Waals surface area contributed by atoms with Gasteiger partial charge in [-0.15, -0.1) is 0 Å². The van der Waals surface area contributed by atoms with E-state index in [4.69, 9.17) is 37.9 Å². The fourth-order valence-electron chi connectivity index (χ4n) is 7.97. The Morgan fingerprint density at radius 1 is 0.815 bits per heavy atom. The van der Waals surface area contributed by atoms with Crippen molar-refractivity contribution in [3.05, 3.63) is 23.8 Å². The molecule has 4 aliphatic rings. The molecule has 1 saturated carbocycles. The van der Waals surface area contributed by atoms with Gasteiger partial charge < -0.3 is 43.0 Å². The van der Waals surface area contributed by atoms with Crippen molar-refractivity contribution in [2.75, 3.05) is 13.2 Å². The lowest BCUT2D eigenvalue weighted by molar-refractivity contribution is -0.280. The summed E-state index contributed by atoms with van der Waals surface area (Å²) in [5.41, 5.74) is -5.93. The molecule has 0 radical (unpaired) electrons. The Bertz CT molecular complexity index is 1570. The Morgan fingerprint density at radius 3 is 1.85 bits per heavy atom. The summed E-state index contributed by atoms with van der Waals surface area (Å²) in [6, 6.07) is 0. The van der Waals surface area contributed by atoms with Crippen LogP contribution in [-0.4, -0.2) is 108 Å². The third-order valence-corrected chi connectivity index (χ3v) is 10.3. The maximum absolute atomic E-state index is 13.5. The summed E-state index contributed by atoms with van der Waals surface area (Å²) >= 11 is 0. The van der Waals surface area contributed by atoms with Crippen LogP contribution in [-0.2, 0) is 71.5 Å². The van der Waals surface area contributed by atoms with E-state index in [1.54, 1.807) is 27.7 Å². The van der Waals surface area contributed by atoms with E-state index in [0.717, 1.165) is 20.8 Å². The smallest absolute Gasteiger partial charge is 0.312 e. The van der Waals surface area contributed by atoms with Gasteiger partial charge in [-0.25, -0.2) is 0 Å². The van der Waals surface area contributed by atoms with Crippen molar-refractivity contribution in [3.63, 3.8) is 0 Å². The van der Waals surface area contributed by atoms with E-state index in [9.17, 15) is 38.7 Å². The number of esters is 7. The van der Waals surface area contributed by atoms with Gasteiger partial charge in [0.15, 0.2) is 30.0 Å². The molecule has 300 valence electrons. The van der Waals surface area contributed by atoms with Crippen LogP contribution >= 0.6 is 0 Å². The van der Waals surface area contributed by atoms with E-state index in [-0.39, 0.29) is 43.5 Å². The number of ether oxygens (including phenoxy) is 8. The molecule has 0 aromatic carbocycles. The monoisotopic (exact) mass is 764 g/mol. The minimum Gasteiger partial charge on any atom is -0.461 e. The number of rotatable bonds is 11. The van der Waals surface area contributed by atoms with E-state index < -0.39 is 107 Å². The molecule has 4 rings (SSSR count). The Hall–Kier alpha value is -4.31. The highest BCUT2D eigenvalue weighted by molar-refractivity contribution is 5.78. The first-order valence-corrected chi connectivity index (χ1v) is 18.1. The molecular weight excluding hydrogens is 712 g/mol. The van der Waals surface area contributed by atoms with Gasteiger partial charge in [-0.3, -0.25) is 33.6 Å². The first-order valence-electron chi connectivity index (χ1n) is 18.1. The van der Waals surface area contributed by atoms with Crippen LogP contribution in [0.15, 0.2) is 23.8 Å². The van der Waals surface area contributed by atoms with Crippen LogP contribution in [0.4, 0.5) is 0 Å². The molecule has 3 fully saturated rings. The number of carbonyl (C=O) groups excluding carboxylic acids is 7.